The van der Waals surface area contributed by atoms with Crippen LogP contribution in [-0.4, -0.2) is 20.1 Å². The van der Waals surface area contributed by atoms with E-state index in [4.69, 9.17) is 21.9 Å². The molecule has 2 heterocycles. The van der Waals surface area contributed by atoms with E-state index < -0.39 is 0 Å². The summed E-state index contributed by atoms with van der Waals surface area (Å²) in [5, 5.41) is 4.41. The first-order valence-corrected chi connectivity index (χ1v) is 6.20. The van der Waals surface area contributed by atoms with E-state index in [9.17, 15) is 0 Å². The second kappa shape index (κ2) is 4.90. The van der Waals surface area contributed by atoms with E-state index in [1.807, 2.05) is 0 Å². The maximum absolute atomic E-state index is 5.95. The number of halogens is 1. The maximum Gasteiger partial charge on any atom is 0.258 e. The van der Waals surface area contributed by atoms with Gasteiger partial charge in [0.2, 0.25) is 5.82 Å². The summed E-state index contributed by atoms with van der Waals surface area (Å²) in [5.74, 6) is 1.37. The molecule has 3 rings (SSSR count). The predicted molar refractivity (Wildman–Crippen MR) is 74.9 cm³/mol. The normalized spacial score (nSPS) is 10.7. The molecule has 100 valence electrons. The molecule has 0 aliphatic carbocycles. The van der Waals surface area contributed by atoms with Gasteiger partial charge in [-0.25, -0.2) is 9.97 Å². The molecule has 0 unspecified atom stereocenters. The highest BCUT2D eigenvalue weighted by Crippen LogP contribution is 2.26. The van der Waals surface area contributed by atoms with E-state index in [0.717, 1.165) is 0 Å². The average Bonchev–Trinajstić information content (AvgIpc) is 2.87. The Morgan fingerprint density at radius 1 is 1.20 bits per heavy atom. The van der Waals surface area contributed by atoms with Crippen molar-refractivity contribution in [3.05, 3.63) is 41.3 Å². The van der Waals surface area contributed by atoms with Crippen molar-refractivity contribution in [2.45, 2.75) is 6.92 Å². The highest BCUT2D eigenvalue weighted by molar-refractivity contribution is 6.31. The van der Waals surface area contributed by atoms with E-state index in [2.05, 4.69) is 20.1 Å². The second-order valence-electron chi connectivity index (χ2n) is 4.19. The van der Waals surface area contributed by atoms with Crippen LogP contribution < -0.4 is 5.73 Å². The van der Waals surface area contributed by atoms with Crippen molar-refractivity contribution >= 4 is 17.3 Å². The zero-order chi connectivity index (χ0) is 14.1. The second-order valence-corrected chi connectivity index (χ2v) is 4.62. The molecule has 0 aliphatic heterocycles. The topological polar surface area (TPSA) is 90.7 Å². The first kappa shape index (κ1) is 12.6. The Balaban J connectivity index is 2.02. The molecule has 0 amide bonds. The van der Waals surface area contributed by atoms with Gasteiger partial charge in [0.25, 0.3) is 5.89 Å². The zero-order valence-electron chi connectivity index (χ0n) is 10.5. The van der Waals surface area contributed by atoms with Gasteiger partial charge in [0.1, 0.15) is 11.5 Å². The number of hydrogen-bond acceptors (Lipinski definition) is 6. The van der Waals surface area contributed by atoms with Gasteiger partial charge in [-0.2, -0.15) is 4.98 Å². The van der Waals surface area contributed by atoms with Gasteiger partial charge in [-0.3, -0.25) is 0 Å². The minimum absolute atomic E-state index is 0.338. The molecule has 20 heavy (non-hydrogen) atoms. The smallest absolute Gasteiger partial charge is 0.258 e. The Morgan fingerprint density at radius 2 is 2.05 bits per heavy atom. The lowest BCUT2D eigenvalue weighted by Crippen LogP contribution is -1.91. The molecular formula is C13H10ClN5O. The van der Waals surface area contributed by atoms with Crippen molar-refractivity contribution in [2.75, 3.05) is 5.73 Å². The van der Waals surface area contributed by atoms with Crippen LogP contribution in [0, 0.1) is 6.92 Å². The number of nitrogens with zero attached hydrogens (tertiary/aromatic N) is 4. The summed E-state index contributed by atoms with van der Waals surface area (Å²) in [4.78, 5) is 12.6. The molecular weight excluding hydrogens is 278 g/mol. The van der Waals surface area contributed by atoms with Gasteiger partial charge in [-0.15, -0.1) is 0 Å². The highest BCUT2D eigenvalue weighted by atomic mass is 35.5. The van der Waals surface area contributed by atoms with Crippen molar-refractivity contribution in [1.82, 2.24) is 20.1 Å². The monoisotopic (exact) mass is 287 g/mol. The van der Waals surface area contributed by atoms with Crippen LogP contribution in [0.2, 0.25) is 5.02 Å². The molecule has 0 saturated carbocycles. The number of nitrogens with two attached hydrogens (primary N) is 1. The molecule has 0 radical (unpaired) electrons. The number of aromatic nitrogens is 4. The van der Waals surface area contributed by atoms with E-state index in [1.165, 1.54) is 0 Å². The summed E-state index contributed by atoms with van der Waals surface area (Å²) < 4.78 is 5.22. The zero-order valence-corrected chi connectivity index (χ0v) is 11.3. The van der Waals surface area contributed by atoms with Crippen LogP contribution in [0.5, 0.6) is 0 Å². The fourth-order valence-corrected chi connectivity index (χ4v) is 2.00. The first-order valence-electron chi connectivity index (χ1n) is 5.82. The highest BCUT2D eigenvalue weighted by Gasteiger charge is 2.12. The Labute approximate surface area is 119 Å². The van der Waals surface area contributed by atoms with Crippen LogP contribution in [0.15, 0.2) is 35.0 Å². The number of anilines is 1. The van der Waals surface area contributed by atoms with Gasteiger partial charge in [0.15, 0.2) is 0 Å². The summed E-state index contributed by atoms with van der Waals surface area (Å²) in [5.41, 5.74) is 7.54. The molecule has 0 aliphatic rings. The van der Waals surface area contributed by atoms with Crippen LogP contribution in [0.25, 0.3) is 23.0 Å². The van der Waals surface area contributed by atoms with E-state index >= 15 is 0 Å². The number of aryl methyl sites for hydroxylation is 1. The van der Waals surface area contributed by atoms with Crippen LogP contribution in [0.1, 0.15) is 5.82 Å². The summed E-state index contributed by atoms with van der Waals surface area (Å²) in [6.45, 7) is 1.79. The lowest BCUT2D eigenvalue weighted by molar-refractivity contribution is 0.432. The van der Waals surface area contributed by atoms with Crippen molar-refractivity contribution in [1.29, 1.82) is 0 Å². The molecule has 7 heteroatoms. The molecule has 0 fully saturated rings. The number of hydrogen-bond donors (Lipinski definition) is 1. The van der Waals surface area contributed by atoms with Gasteiger partial charge in [0.05, 0.1) is 0 Å². The number of rotatable bonds is 2. The number of nitrogen functional groups attached to an aromatic ring is 1. The largest absolute Gasteiger partial charge is 0.399 e. The fraction of sp³-hybridized carbons (Fsp3) is 0.0769. The Hall–Kier alpha value is -2.47. The molecule has 6 nitrogen and oxygen atoms in total. The van der Waals surface area contributed by atoms with Crippen LogP contribution >= 0.6 is 11.6 Å². The number of benzene rings is 1. The average molecular weight is 288 g/mol. The molecule has 0 atom stereocenters. The third-order valence-corrected chi connectivity index (χ3v) is 2.82. The third-order valence-electron chi connectivity index (χ3n) is 2.60. The SMILES string of the molecule is Cc1nccc(-c2noc(-c3cc(N)cc(Cl)c3)n2)n1. The van der Waals surface area contributed by atoms with Crippen molar-refractivity contribution in [3.8, 4) is 23.0 Å². The quantitative estimate of drug-likeness (QED) is 0.729. The first-order chi connectivity index (χ1) is 9.61. The third kappa shape index (κ3) is 2.46. The van der Waals surface area contributed by atoms with Gasteiger partial charge in [-0.05, 0) is 31.2 Å². The minimum Gasteiger partial charge on any atom is -0.399 e. The minimum atomic E-state index is 0.338. The van der Waals surface area contributed by atoms with Gasteiger partial charge < -0.3 is 10.3 Å². The van der Waals surface area contributed by atoms with E-state index in [-0.39, 0.29) is 0 Å². The van der Waals surface area contributed by atoms with Crippen LogP contribution in [0.4, 0.5) is 5.69 Å². The molecule has 0 saturated heterocycles. The van der Waals surface area contributed by atoms with Gasteiger partial charge >= 0.3 is 0 Å². The van der Waals surface area contributed by atoms with E-state index in [0.29, 0.717) is 39.5 Å². The molecule has 3 aromatic rings. The molecule has 2 aromatic heterocycles. The van der Waals surface area contributed by atoms with Crippen LogP contribution in [0.3, 0.4) is 0 Å². The Morgan fingerprint density at radius 3 is 2.80 bits per heavy atom. The Bertz CT molecular complexity index is 751. The van der Waals surface area contributed by atoms with Crippen molar-refractivity contribution < 1.29 is 4.52 Å². The van der Waals surface area contributed by atoms with Crippen LogP contribution in [-0.2, 0) is 0 Å². The lowest BCUT2D eigenvalue weighted by atomic mass is 10.2. The molecule has 0 bridgehead atoms. The predicted octanol–water partition coefficient (Wildman–Crippen LogP) is 2.74. The summed E-state index contributed by atoms with van der Waals surface area (Å²) >= 11 is 5.95. The van der Waals surface area contributed by atoms with Crippen molar-refractivity contribution in [2.24, 2.45) is 0 Å². The summed E-state index contributed by atoms with van der Waals surface area (Å²) in [7, 11) is 0. The van der Waals surface area contributed by atoms with Gasteiger partial charge in [-0.1, -0.05) is 16.8 Å². The molecule has 2 N–H and O–H groups in total. The molecule has 0 spiro atoms. The van der Waals surface area contributed by atoms with Crippen molar-refractivity contribution in [3.63, 3.8) is 0 Å². The van der Waals surface area contributed by atoms with Gasteiger partial charge in [0, 0.05) is 22.5 Å². The maximum atomic E-state index is 5.95. The van der Waals surface area contributed by atoms with E-state index in [1.54, 1.807) is 37.4 Å². The summed E-state index contributed by atoms with van der Waals surface area (Å²) in [6, 6.07) is 6.79. The molecule has 1 aromatic carbocycles. The Kier molecular flexibility index (Phi) is 3.08. The standard InChI is InChI=1S/C13H10ClN5O/c1-7-16-3-2-11(17-7)12-18-13(20-19-12)8-4-9(14)6-10(15)5-8/h2-6H,15H2,1H3. The summed E-state index contributed by atoms with van der Waals surface area (Å²) in [6.07, 6.45) is 1.64. The lowest BCUT2D eigenvalue weighted by Gasteiger charge is -1.98. The fourth-order valence-electron chi connectivity index (χ4n) is 1.76.